The maximum Gasteiger partial charge on any atom is 0.407 e. The van der Waals surface area contributed by atoms with Crippen molar-refractivity contribution in [1.29, 1.82) is 0 Å². The van der Waals surface area contributed by atoms with Gasteiger partial charge in [0.15, 0.2) is 0 Å². The monoisotopic (exact) mass is 334 g/mol. The van der Waals surface area contributed by atoms with E-state index in [0.717, 1.165) is 21.3 Å². The van der Waals surface area contributed by atoms with Crippen molar-refractivity contribution >= 4 is 22.0 Å². The van der Waals surface area contributed by atoms with Crippen LogP contribution < -0.4 is 5.32 Å². The molecule has 1 heterocycles. The number of pyridine rings is 1. The van der Waals surface area contributed by atoms with Crippen LogP contribution in [0.1, 0.15) is 16.7 Å². The van der Waals surface area contributed by atoms with Gasteiger partial charge >= 0.3 is 6.09 Å². The van der Waals surface area contributed by atoms with E-state index in [1.165, 1.54) is 0 Å². The van der Waals surface area contributed by atoms with Crippen molar-refractivity contribution in [1.82, 2.24) is 10.3 Å². The van der Waals surface area contributed by atoms with Gasteiger partial charge in [0.1, 0.15) is 11.2 Å². The minimum atomic E-state index is -0.434. The first-order valence-electron chi connectivity index (χ1n) is 6.21. The lowest BCUT2D eigenvalue weighted by molar-refractivity contribution is 0.139. The maximum absolute atomic E-state index is 11.6. The lowest BCUT2D eigenvalue weighted by Crippen LogP contribution is -2.24. The van der Waals surface area contributed by atoms with E-state index in [9.17, 15) is 4.79 Å². The molecule has 0 spiro atoms. The molecule has 5 heteroatoms. The molecule has 2 rings (SSSR count). The Bertz CT molecular complexity index is 588. The molecule has 0 atom stereocenters. The summed E-state index contributed by atoms with van der Waals surface area (Å²) in [6.07, 6.45) is 1.30. The number of rotatable bonds is 4. The Morgan fingerprint density at radius 3 is 2.80 bits per heavy atom. The summed E-state index contributed by atoms with van der Waals surface area (Å²) < 4.78 is 5.92. The fourth-order valence-corrected chi connectivity index (χ4v) is 2.12. The number of halogens is 1. The number of carbonyl (C=O) groups excluding carboxylic acids is 1. The highest BCUT2D eigenvalue weighted by molar-refractivity contribution is 9.10. The van der Waals surface area contributed by atoms with E-state index in [1.807, 2.05) is 43.3 Å². The molecule has 0 bridgehead atoms. The number of hydrogen-bond acceptors (Lipinski definition) is 3. The predicted octanol–water partition coefficient (Wildman–Crippen LogP) is 3.58. The molecule has 1 aromatic heterocycles. The van der Waals surface area contributed by atoms with Crippen molar-refractivity contribution in [3.05, 3.63) is 63.9 Å². The van der Waals surface area contributed by atoms with Gasteiger partial charge in [-0.2, -0.15) is 0 Å². The summed E-state index contributed by atoms with van der Waals surface area (Å²) in [5.74, 6) is 0. The third-order valence-electron chi connectivity index (χ3n) is 2.82. The zero-order valence-corrected chi connectivity index (χ0v) is 12.7. The summed E-state index contributed by atoms with van der Waals surface area (Å²) in [6, 6.07) is 11.5. The Morgan fingerprint density at radius 1 is 1.35 bits per heavy atom. The molecule has 0 saturated heterocycles. The van der Waals surface area contributed by atoms with Crippen molar-refractivity contribution < 1.29 is 9.53 Å². The van der Waals surface area contributed by atoms with Gasteiger partial charge < -0.3 is 10.1 Å². The lowest BCUT2D eigenvalue weighted by atomic mass is 10.2. The average Bonchev–Trinajstić information content (AvgIpc) is 2.45. The van der Waals surface area contributed by atoms with Crippen molar-refractivity contribution in [2.45, 2.75) is 20.1 Å². The van der Waals surface area contributed by atoms with E-state index in [0.29, 0.717) is 6.54 Å². The molecular weight excluding hydrogens is 320 g/mol. The van der Waals surface area contributed by atoms with Gasteiger partial charge in [-0.05, 0) is 45.6 Å². The second-order valence-corrected chi connectivity index (χ2v) is 5.16. The third kappa shape index (κ3) is 4.35. The highest BCUT2D eigenvalue weighted by Gasteiger charge is 2.05. The molecule has 0 unspecified atom stereocenters. The molecule has 0 aliphatic heterocycles. The smallest absolute Gasteiger partial charge is 0.407 e. The fraction of sp³-hybridized carbons (Fsp3) is 0.200. The van der Waals surface area contributed by atoms with E-state index in [-0.39, 0.29) is 6.61 Å². The molecule has 0 fully saturated rings. The number of aryl methyl sites for hydroxylation is 1. The molecule has 1 N–H and O–H groups in total. The first kappa shape index (κ1) is 14.5. The second-order valence-electron chi connectivity index (χ2n) is 4.35. The van der Waals surface area contributed by atoms with Gasteiger partial charge in [0, 0.05) is 12.7 Å². The van der Waals surface area contributed by atoms with Gasteiger partial charge in [0.2, 0.25) is 0 Å². The van der Waals surface area contributed by atoms with E-state index in [2.05, 4.69) is 26.2 Å². The number of carbonyl (C=O) groups is 1. The first-order valence-corrected chi connectivity index (χ1v) is 7.00. The molecule has 0 radical (unpaired) electrons. The van der Waals surface area contributed by atoms with E-state index < -0.39 is 6.09 Å². The number of amides is 1. The summed E-state index contributed by atoms with van der Waals surface area (Å²) in [5.41, 5.74) is 2.99. The van der Waals surface area contributed by atoms with E-state index in [1.54, 1.807) is 6.20 Å². The summed E-state index contributed by atoms with van der Waals surface area (Å²) >= 11 is 3.30. The van der Waals surface area contributed by atoms with Crippen molar-refractivity contribution in [2.24, 2.45) is 0 Å². The number of aromatic nitrogens is 1. The van der Waals surface area contributed by atoms with Crippen molar-refractivity contribution in [2.75, 3.05) is 0 Å². The topological polar surface area (TPSA) is 51.2 Å². The Kier molecular flexibility index (Phi) is 5.12. The van der Waals surface area contributed by atoms with Crippen molar-refractivity contribution in [3.63, 3.8) is 0 Å². The number of nitrogens with one attached hydrogen (secondary N) is 1. The lowest BCUT2D eigenvalue weighted by Gasteiger charge is -2.09. The molecule has 0 saturated carbocycles. The highest BCUT2D eigenvalue weighted by Crippen LogP contribution is 2.12. The molecule has 0 aliphatic rings. The standard InChI is InChI=1S/C15H15BrN2O2/c1-11-7-14(16)17-8-13(11)9-18-15(19)20-10-12-5-3-2-4-6-12/h2-8H,9-10H2,1H3,(H,18,19). The Balaban J connectivity index is 1.80. The van der Waals surface area contributed by atoms with Gasteiger partial charge in [-0.1, -0.05) is 30.3 Å². The second kappa shape index (κ2) is 7.05. The van der Waals surface area contributed by atoms with E-state index in [4.69, 9.17) is 4.74 Å². The molecule has 104 valence electrons. The average molecular weight is 335 g/mol. The molecule has 20 heavy (non-hydrogen) atoms. The Labute approximate surface area is 126 Å². The van der Waals surface area contributed by atoms with Gasteiger partial charge in [-0.15, -0.1) is 0 Å². The zero-order valence-electron chi connectivity index (χ0n) is 11.1. The maximum atomic E-state index is 11.6. The summed E-state index contributed by atoms with van der Waals surface area (Å²) in [5, 5.41) is 2.71. The number of alkyl carbamates (subject to hydrolysis) is 1. The van der Waals surface area contributed by atoms with Crippen LogP contribution >= 0.6 is 15.9 Å². The highest BCUT2D eigenvalue weighted by atomic mass is 79.9. The molecule has 2 aromatic rings. The van der Waals surface area contributed by atoms with Gasteiger partial charge in [-0.25, -0.2) is 9.78 Å². The normalized spacial score (nSPS) is 10.1. The molecule has 1 amide bonds. The number of nitrogens with zero attached hydrogens (tertiary/aromatic N) is 1. The van der Waals surface area contributed by atoms with Crippen LogP contribution in [0.5, 0.6) is 0 Å². The van der Waals surface area contributed by atoms with Crippen LogP contribution in [0.4, 0.5) is 4.79 Å². The largest absolute Gasteiger partial charge is 0.445 e. The van der Waals surface area contributed by atoms with Crippen LogP contribution in [0, 0.1) is 6.92 Å². The summed E-state index contributed by atoms with van der Waals surface area (Å²) in [4.78, 5) is 15.7. The van der Waals surface area contributed by atoms with E-state index >= 15 is 0 Å². The minimum absolute atomic E-state index is 0.268. The van der Waals surface area contributed by atoms with Crippen molar-refractivity contribution in [3.8, 4) is 0 Å². The summed E-state index contributed by atoms with van der Waals surface area (Å²) in [6.45, 7) is 2.64. The molecular formula is C15H15BrN2O2. The van der Waals surface area contributed by atoms with Gasteiger partial charge in [0.05, 0.1) is 0 Å². The number of benzene rings is 1. The van der Waals surface area contributed by atoms with Crippen LogP contribution in [-0.4, -0.2) is 11.1 Å². The first-order chi connectivity index (χ1) is 9.65. The fourth-order valence-electron chi connectivity index (χ4n) is 1.68. The third-order valence-corrected chi connectivity index (χ3v) is 3.26. The van der Waals surface area contributed by atoms with Crippen LogP contribution in [0.2, 0.25) is 0 Å². The predicted molar refractivity (Wildman–Crippen MR) is 80.1 cm³/mol. The minimum Gasteiger partial charge on any atom is -0.445 e. The van der Waals surface area contributed by atoms with Crippen LogP contribution in [0.3, 0.4) is 0 Å². The molecule has 0 aliphatic carbocycles. The zero-order chi connectivity index (χ0) is 14.4. The number of ether oxygens (including phenoxy) is 1. The molecule has 1 aromatic carbocycles. The quantitative estimate of drug-likeness (QED) is 0.869. The Hall–Kier alpha value is -1.88. The molecule has 4 nitrogen and oxygen atoms in total. The summed E-state index contributed by atoms with van der Waals surface area (Å²) in [7, 11) is 0. The van der Waals surface area contributed by atoms with Crippen LogP contribution in [-0.2, 0) is 17.9 Å². The SMILES string of the molecule is Cc1cc(Br)ncc1CNC(=O)OCc1ccccc1. The van der Waals surface area contributed by atoms with Gasteiger partial charge in [-0.3, -0.25) is 0 Å². The van der Waals surface area contributed by atoms with Crippen LogP contribution in [0.25, 0.3) is 0 Å². The Morgan fingerprint density at radius 2 is 2.10 bits per heavy atom. The van der Waals surface area contributed by atoms with Crippen LogP contribution in [0.15, 0.2) is 47.2 Å². The van der Waals surface area contributed by atoms with Gasteiger partial charge in [0.25, 0.3) is 0 Å². The number of hydrogen-bond donors (Lipinski definition) is 1.